The first-order valence-corrected chi connectivity index (χ1v) is 13.5. The van der Waals surface area contributed by atoms with Crippen molar-refractivity contribution in [2.24, 2.45) is 28.6 Å². The third-order valence-corrected chi connectivity index (χ3v) is 10.0. The summed E-state index contributed by atoms with van der Waals surface area (Å²) in [7, 11) is 0. The van der Waals surface area contributed by atoms with E-state index >= 15 is 4.39 Å². The van der Waals surface area contributed by atoms with E-state index in [0.29, 0.717) is 24.8 Å². The molecule has 8 atom stereocenters. The number of Topliss-reactive ketones (excluding diaryl/α,β-unsaturated/α-hetero) is 1. The van der Waals surface area contributed by atoms with Gasteiger partial charge in [-0.05, 0) is 56.9 Å². The zero-order valence-electron chi connectivity index (χ0n) is 19.5. The molecule has 182 valence electrons. The van der Waals surface area contributed by atoms with Crippen LogP contribution in [0.2, 0.25) is 0 Å². The average molecular weight is 499 g/mol. The van der Waals surface area contributed by atoms with Crippen LogP contribution in [0.15, 0.2) is 23.8 Å². The Balaban J connectivity index is 1.83. The van der Waals surface area contributed by atoms with Gasteiger partial charge in [-0.1, -0.05) is 25.5 Å². The van der Waals surface area contributed by atoms with Crippen LogP contribution >= 0.6 is 23.4 Å². The summed E-state index contributed by atoms with van der Waals surface area (Å²) in [6.45, 7) is 5.48. The van der Waals surface area contributed by atoms with Crippen LogP contribution in [-0.2, 0) is 19.1 Å². The number of aliphatic hydroxyl groups is 1. The summed E-state index contributed by atoms with van der Waals surface area (Å²) in [5.41, 5.74) is -4.87. The SMILES string of the molecule is CSCC(=O)O[C@]1(C(=O)CCl)[C@H](C)C[C@H]2[C@@H]3CCC4=CC(=O)C=C[C@]4(C)[C@@]3(F)[C@@H](O)C[C@@]21C. The molecule has 0 bridgehead atoms. The second-order valence-electron chi connectivity index (χ2n) is 10.6. The Morgan fingerprint density at radius 1 is 1.33 bits per heavy atom. The van der Waals surface area contributed by atoms with Crippen LogP contribution in [-0.4, -0.2) is 57.9 Å². The number of ketones is 2. The number of carbonyl (C=O) groups is 3. The Morgan fingerprint density at radius 3 is 2.67 bits per heavy atom. The van der Waals surface area contributed by atoms with Gasteiger partial charge in [0.1, 0.15) is 0 Å². The molecule has 0 aliphatic heterocycles. The summed E-state index contributed by atoms with van der Waals surface area (Å²) >= 11 is 7.34. The van der Waals surface area contributed by atoms with Gasteiger partial charge in [0.05, 0.1) is 17.7 Å². The maximum absolute atomic E-state index is 17.2. The predicted octanol–water partition coefficient (Wildman–Crippen LogP) is 4.06. The molecule has 0 spiro atoms. The number of esters is 1. The number of ether oxygens (including phenoxy) is 1. The minimum absolute atomic E-state index is 0.0329. The fourth-order valence-corrected chi connectivity index (χ4v) is 8.32. The van der Waals surface area contributed by atoms with E-state index in [-0.39, 0.29) is 41.5 Å². The van der Waals surface area contributed by atoms with Gasteiger partial charge >= 0.3 is 5.97 Å². The van der Waals surface area contributed by atoms with Crippen LogP contribution in [0, 0.1) is 28.6 Å². The van der Waals surface area contributed by atoms with Crippen molar-refractivity contribution in [3.63, 3.8) is 0 Å². The molecule has 4 rings (SSSR count). The molecule has 0 radical (unpaired) electrons. The normalized spacial score (nSPS) is 46.2. The van der Waals surface area contributed by atoms with Gasteiger partial charge in [0.25, 0.3) is 0 Å². The second kappa shape index (κ2) is 8.20. The molecule has 3 fully saturated rings. The smallest absolute Gasteiger partial charge is 0.316 e. The van der Waals surface area contributed by atoms with Crippen LogP contribution in [0.5, 0.6) is 0 Å². The summed E-state index contributed by atoms with van der Waals surface area (Å²) in [4.78, 5) is 38.0. The third-order valence-electron chi connectivity index (χ3n) is 9.25. The highest BCUT2D eigenvalue weighted by Gasteiger charge is 2.77. The van der Waals surface area contributed by atoms with Crippen LogP contribution in [0.4, 0.5) is 4.39 Å². The van der Waals surface area contributed by atoms with E-state index in [1.807, 2.05) is 13.8 Å². The van der Waals surface area contributed by atoms with E-state index in [9.17, 15) is 19.5 Å². The van der Waals surface area contributed by atoms with Crippen LogP contribution < -0.4 is 0 Å². The van der Waals surface area contributed by atoms with Gasteiger partial charge < -0.3 is 9.84 Å². The number of hydrogen-bond donors (Lipinski definition) is 1. The molecule has 5 nitrogen and oxygen atoms in total. The lowest BCUT2D eigenvalue weighted by Crippen LogP contribution is -2.70. The molecule has 4 aliphatic rings. The summed E-state index contributed by atoms with van der Waals surface area (Å²) < 4.78 is 23.2. The van der Waals surface area contributed by atoms with Crippen molar-refractivity contribution in [3.8, 4) is 0 Å². The van der Waals surface area contributed by atoms with Crippen molar-refractivity contribution in [1.29, 1.82) is 0 Å². The number of aliphatic hydroxyl groups excluding tert-OH is 1. The minimum atomic E-state index is -2.00. The Hall–Kier alpha value is -1.18. The molecule has 3 saturated carbocycles. The maximum atomic E-state index is 17.2. The van der Waals surface area contributed by atoms with Crippen molar-refractivity contribution in [1.82, 2.24) is 0 Å². The molecular weight excluding hydrogens is 467 g/mol. The predicted molar refractivity (Wildman–Crippen MR) is 126 cm³/mol. The fourth-order valence-electron chi connectivity index (χ4n) is 7.82. The molecule has 8 heteroatoms. The number of allylic oxidation sites excluding steroid dienone is 4. The summed E-state index contributed by atoms with van der Waals surface area (Å²) in [5, 5.41) is 11.4. The molecule has 0 aromatic rings. The fraction of sp³-hybridized carbons (Fsp3) is 0.720. The van der Waals surface area contributed by atoms with E-state index in [1.54, 1.807) is 19.3 Å². The van der Waals surface area contributed by atoms with Gasteiger partial charge in [-0.15, -0.1) is 11.6 Å². The monoisotopic (exact) mass is 498 g/mol. The molecule has 0 amide bonds. The van der Waals surface area contributed by atoms with E-state index < -0.39 is 40.1 Å². The second-order valence-corrected chi connectivity index (χ2v) is 11.7. The van der Waals surface area contributed by atoms with Gasteiger partial charge in [0.2, 0.25) is 0 Å². The van der Waals surface area contributed by atoms with Crippen LogP contribution in [0.25, 0.3) is 0 Å². The lowest BCUT2D eigenvalue weighted by Gasteiger charge is -2.62. The highest BCUT2D eigenvalue weighted by molar-refractivity contribution is 7.99. The first kappa shape index (κ1) is 24.9. The van der Waals surface area contributed by atoms with Gasteiger partial charge in [0.15, 0.2) is 22.8 Å². The lowest BCUT2D eigenvalue weighted by molar-refractivity contribution is -0.226. The Morgan fingerprint density at radius 2 is 2.03 bits per heavy atom. The van der Waals surface area contributed by atoms with Gasteiger partial charge in [-0.25, -0.2) is 4.39 Å². The number of hydrogen-bond acceptors (Lipinski definition) is 6. The van der Waals surface area contributed by atoms with E-state index in [2.05, 4.69) is 0 Å². The highest BCUT2D eigenvalue weighted by atomic mass is 35.5. The number of thioether (sulfide) groups is 1. The standard InChI is InChI=1S/C25H32ClFO5S/c1-14-9-18-17-6-5-15-10-16(28)7-8-22(15,2)24(17,27)19(29)11-23(18,3)25(14,20(30)12-26)32-21(31)13-33-4/h7-8,10,14,17-19,29H,5-6,9,11-13H2,1-4H3/t14-,17+,18+,19+,22+,23+,24+,25+/m1/s1. The molecule has 0 unspecified atom stereocenters. The molecular formula is C25H32ClFO5S. The summed E-state index contributed by atoms with van der Waals surface area (Å²) in [5.74, 6) is -2.51. The largest absolute Gasteiger partial charge is 0.449 e. The van der Waals surface area contributed by atoms with Crippen molar-refractivity contribution in [2.75, 3.05) is 17.9 Å². The van der Waals surface area contributed by atoms with Crippen LogP contribution in [0.3, 0.4) is 0 Å². The summed E-state index contributed by atoms with van der Waals surface area (Å²) in [6.07, 6.45) is 6.32. The van der Waals surface area contributed by atoms with Gasteiger partial charge in [-0.3, -0.25) is 14.4 Å². The Labute approximate surface area is 203 Å². The van der Waals surface area contributed by atoms with Crippen LogP contribution in [0.1, 0.15) is 46.5 Å². The number of halogens is 2. The zero-order chi connectivity index (χ0) is 24.4. The highest BCUT2D eigenvalue weighted by Crippen LogP contribution is 2.71. The molecule has 1 N–H and O–H groups in total. The number of alkyl halides is 2. The van der Waals surface area contributed by atoms with Crippen molar-refractivity contribution >= 4 is 40.9 Å². The number of carbonyl (C=O) groups excluding carboxylic acids is 3. The number of rotatable bonds is 5. The maximum Gasteiger partial charge on any atom is 0.316 e. The first-order valence-electron chi connectivity index (χ1n) is 11.5. The molecule has 0 heterocycles. The Bertz CT molecular complexity index is 951. The van der Waals surface area contributed by atoms with Crippen molar-refractivity contribution < 1.29 is 28.6 Å². The molecule has 0 saturated heterocycles. The lowest BCUT2D eigenvalue weighted by atomic mass is 9.44. The topological polar surface area (TPSA) is 80.7 Å². The molecule has 0 aromatic carbocycles. The average Bonchev–Trinajstić information content (AvgIpc) is 2.97. The quantitative estimate of drug-likeness (QED) is 0.455. The molecule has 33 heavy (non-hydrogen) atoms. The van der Waals surface area contributed by atoms with Gasteiger partial charge in [0, 0.05) is 22.7 Å². The van der Waals surface area contributed by atoms with Gasteiger partial charge in [-0.2, -0.15) is 11.8 Å². The first-order chi connectivity index (χ1) is 15.4. The summed E-state index contributed by atoms with van der Waals surface area (Å²) in [6, 6.07) is 0. The van der Waals surface area contributed by atoms with E-state index in [4.69, 9.17) is 16.3 Å². The molecule has 0 aromatic heterocycles. The van der Waals surface area contributed by atoms with Crippen molar-refractivity contribution in [2.45, 2.75) is 63.8 Å². The Kier molecular flexibility index (Phi) is 6.19. The van der Waals surface area contributed by atoms with E-state index in [0.717, 1.165) is 0 Å². The minimum Gasteiger partial charge on any atom is -0.449 e. The number of fused-ring (bicyclic) bond motifs is 5. The zero-order valence-corrected chi connectivity index (χ0v) is 21.1. The third kappa shape index (κ3) is 3.10. The van der Waals surface area contributed by atoms with Crippen molar-refractivity contribution in [3.05, 3.63) is 23.8 Å². The molecule has 4 aliphatic carbocycles. The van der Waals surface area contributed by atoms with E-state index in [1.165, 1.54) is 23.9 Å².